The monoisotopic (exact) mass is 445 g/mol. The minimum Gasteiger partial charge on any atom is -0.368 e. The standard InChI is InChI=1S/C19H19N5O4S2/c1-21-18(26)17-15(6-11-29-17)20-19(21)30-12-16(25)23-9-7-22(8-10-23)13-2-4-14(5-3-13)24(27)28/h2-6,11H,7-10,12H2,1H3. The summed E-state index contributed by atoms with van der Waals surface area (Å²) in [4.78, 5) is 43.8. The van der Waals surface area contributed by atoms with E-state index in [1.54, 1.807) is 24.1 Å². The van der Waals surface area contributed by atoms with Crippen molar-refractivity contribution in [2.45, 2.75) is 5.16 Å². The Hall–Kier alpha value is -2.92. The topological polar surface area (TPSA) is 102 Å². The van der Waals surface area contributed by atoms with Gasteiger partial charge in [-0.05, 0) is 23.6 Å². The molecule has 156 valence electrons. The Morgan fingerprint density at radius 2 is 1.90 bits per heavy atom. The van der Waals surface area contributed by atoms with Gasteiger partial charge in [0.05, 0.1) is 16.2 Å². The first-order valence-electron chi connectivity index (χ1n) is 9.28. The van der Waals surface area contributed by atoms with Gasteiger partial charge in [0, 0.05) is 51.0 Å². The summed E-state index contributed by atoms with van der Waals surface area (Å²) in [5.74, 6) is 0.219. The second-order valence-electron chi connectivity index (χ2n) is 6.82. The molecule has 0 spiro atoms. The molecule has 1 fully saturated rings. The van der Waals surface area contributed by atoms with Gasteiger partial charge in [-0.3, -0.25) is 24.3 Å². The van der Waals surface area contributed by atoms with E-state index in [9.17, 15) is 19.7 Å². The van der Waals surface area contributed by atoms with Crippen LogP contribution in [0.4, 0.5) is 11.4 Å². The molecule has 11 heteroatoms. The van der Waals surface area contributed by atoms with Crippen molar-refractivity contribution in [1.29, 1.82) is 0 Å². The van der Waals surface area contributed by atoms with Crippen LogP contribution in [0.3, 0.4) is 0 Å². The number of nitrogens with zero attached hydrogens (tertiary/aromatic N) is 5. The molecule has 0 saturated carbocycles. The fourth-order valence-electron chi connectivity index (χ4n) is 3.31. The third-order valence-electron chi connectivity index (χ3n) is 5.03. The first-order valence-corrected chi connectivity index (χ1v) is 11.1. The summed E-state index contributed by atoms with van der Waals surface area (Å²) in [6.07, 6.45) is 0. The van der Waals surface area contributed by atoms with Crippen LogP contribution in [0.25, 0.3) is 10.2 Å². The molecule has 30 heavy (non-hydrogen) atoms. The molecule has 9 nitrogen and oxygen atoms in total. The largest absolute Gasteiger partial charge is 0.368 e. The van der Waals surface area contributed by atoms with Crippen LogP contribution in [0.1, 0.15) is 0 Å². The van der Waals surface area contributed by atoms with Crippen LogP contribution in [0.15, 0.2) is 45.7 Å². The summed E-state index contributed by atoms with van der Waals surface area (Å²) in [7, 11) is 1.67. The molecule has 1 saturated heterocycles. The van der Waals surface area contributed by atoms with Crippen LogP contribution in [0.2, 0.25) is 0 Å². The molecule has 0 bridgehead atoms. The number of rotatable bonds is 5. The lowest BCUT2D eigenvalue weighted by Crippen LogP contribution is -2.49. The molecular formula is C19H19N5O4S2. The van der Waals surface area contributed by atoms with Gasteiger partial charge in [0.1, 0.15) is 4.70 Å². The Morgan fingerprint density at radius 3 is 2.57 bits per heavy atom. The van der Waals surface area contributed by atoms with Crippen LogP contribution < -0.4 is 10.5 Å². The van der Waals surface area contributed by atoms with Crippen LogP contribution in [0, 0.1) is 10.1 Å². The number of carbonyl (C=O) groups excluding carboxylic acids is 1. The SMILES string of the molecule is Cn1c(SCC(=O)N2CCN(c3ccc([N+](=O)[O-])cc3)CC2)nc2ccsc2c1=O. The van der Waals surface area contributed by atoms with Gasteiger partial charge < -0.3 is 9.80 Å². The zero-order valence-corrected chi connectivity index (χ0v) is 17.8. The van der Waals surface area contributed by atoms with Gasteiger partial charge >= 0.3 is 0 Å². The van der Waals surface area contributed by atoms with Crippen molar-refractivity contribution in [2.24, 2.45) is 7.05 Å². The number of aromatic nitrogens is 2. The number of piperazine rings is 1. The average molecular weight is 446 g/mol. The summed E-state index contributed by atoms with van der Waals surface area (Å²) >= 11 is 2.64. The Morgan fingerprint density at radius 1 is 1.20 bits per heavy atom. The van der Waals surface area contributed by atoms with Gasteiger partial charge in [0.2, 0.25) is 5.91 Å². The van der Waals surface area contributed by atoms with Gasteiger partial charge in [0.15, 0.2) is 5.16 Å². The number of nitro benzene ring substituents is 1. The fraction of sp³-hybridized carbons (Fsp3) is 0.316. The molecule has 2 aromatic heterocycles. The number of non-ortho nitro benzene ring substituents is 1. The van der Waals surface area contributed by atoms with E-state index in [1.807, 2.05) is 11.4 Å². The second kappa shape index (κ2) is 8.44. The molecule has 0 radical (unpaired) electrons. The first-order chi connectivity index (χ1) is 14.4. The molecule has 0 unspecified atom stereocenters. The van der Waals surface area contributed by atoms with Crippen molar-refractivity contribution in [3.05, 3.63) is 56.2 Å². The summed E-state index contributed by atoms with van der Waals surface area (Å²) in [5, 5.41) is 13.2. The van der Waals surface area contributed by atoms with E-state index < -0.39 is 4.92 Å². The highest BCUT2D eigenvalue weighted by molar-refractivity contribution is 7.99. The molecule has 4 rings (SSSR count). The summed E-state index contributed by atoms with van der Waals surface area (Å²) in [6, 6.07) is 8.26. The number of hydrogen-bond donors (Lipinski definition) is 0. The lowest BCUT2D eigenvalue weighted by atomic mass is 10.2. The van der Waals surface area contributed by atoms with Crippen molar-refractivity contribution in [2.75, 3.05) is 36.8 Å². The lowest BCUT2D eigenvalue weighted by molar-refractivity contribution is -0.384. The molecule has 1 amide bonds. The second-order valence-corrected chi connectivity index (χ2v) is 8.68. The van der Waals surface area contributed by atoms with Crippen molar-refractivity contribution in [3.8, 4) is 0 Å². The van der Waals surface area contributed by atoms with E-state index in [1.165, 1.54) is 39.8 Å². The fourth-order valence-corrected chi connectivity index (χ4v) is 4.99. The van der Waals surface area contributed by atoms with E-state index in [-0.39, 0.29) is 22.9 Å². The van der Waals surface area contributed by atoms with Gasteiger partial charge in [-0.2, -0.15) is 0 Å². The number of fused-ring (bicyclic) bond motifs is 1. The number of thiophene rings is 1. The number of anilines is 1. The Labute approximate surface area is 180 Å². The molecular weight excluding hydrogens is 426 g/mol. The molecule has 0 aliphatic carbocycles. The van der Waals surface area contributed by atoms with Crippen molar-refractivity contribution in [3.63, 3.8) is 0 Å². The maximum atomic E-state index is 12.6. The van der Waals surface area contributed by atoms with Crippen molar-refractivity contribution < 1.29 is 9.72 Å². The number of hydrogen-bond acceptors (Lipinski definition) is 8. The Bertz CT molecular complexity index is 1150. The number of carbonyl (C=O) groups is 1. The minimum absolute atomic E-state index is 0.00279. The highest BCUT2D eigenvalue weighted by atomic mass is 32.2. The summed E-state index contributed by atoms with van der Waals surface area (Å²) in [6.45, 7) is 2.47. The van der Waals surface area contributed by atoms with Crippen LogP contribution in [-0.2, 0) is 11.8 Å². The highest BCUT2D eigenvalue weighted by Crippen LogP contribution is 2.22. The smallest absolute Gasteiger partial charge is 0.271 e. The third kappa shape index (κ3) is 4.03. The van der Waals surface area contributed by atoms with Crippen LogP contribution in [0.5, 0.6) is 0 Å². The van der Waals surface area contributed by atoms with E-state index in [4.69, 9.17) is 0 Å². The Balaban J connectivity index is 1.34. The van der Waals surface area contributed by atoms with Gasteiger partial charge in [-0.25, -0.2) is 4.98 Å². The highest BCUT2D eigenvalue weighted by Gasteiger charge is 2.22. The zero-order valence-electron chi connectivity index (χ0n) is 16.2. The van der Waals surface area contributed by atoms with E-state index >= 15 is 0 Å². The maximum absolute atomic E-state index is 12.6. The van der Waals surface area contributed by atoms with Gasteiger partial charge in [-0.15, -0.1) is 11.3 Å². The molecule has 1 aromatic carbocycles. The predicted octanol–water partition coefficient (Wildman–Crippen LogP) is 2.34. The molecule has 1 aliphatic rings. The normalized spacial score (nSPS) is 14.3. The predicted molar refractivity (Wildman–Crippen MR) is 117 cm³/mol. The summed E-state index contributed by atoms with van der Waals surface area (Å²) < 4.78 is 2.11. The zero-order chi connectivity index (χ0) is 21.3. The molecule has 1 aliphatic heterocycles. The quantitative estimate of drug-likeness (QED) is 0.257. The minimum atomic E-state index is -0.418. The lowest BCUT2D eigenvalue weighted by Gasteiger charge is -2.36. The maximum Gasteiger partial charge on any atom is 0.271 e. The Kier molecular flexibility index (Phi) is 5.73. The third-order valence-corrected chi connectivity index (χ3v) is 6.94. The van der Waals surface area contributed by atoms with Crippen molar-refractivity contribution >= 4 is 50.6 Å². The average Bonchev–Trinajstić information content (AvgIpc) is 3.24. The van der Waals surface area contributed by atoms with Crippen LogP contribution in [-0.4, -0.2) is 57.2 Å². The molecule has 0 atom stereocenters. The van der Waals surface area contributed by atoms with E-state index in [2.05, 4.69) is 9.88 Å². The van der Waals surface area contributed by atoms with Gasteiger partial charge in [-0.1, -0.05) is 11.8 Å². The van der Waals surface area contributed by atoms with E-state index in [0.29, 0.717) is 41.6 Å². The first kappa shape index (κ1) is 20.4. The molecule has 3 aromatic rings. The van der Waals surface area contributed by atoms with Crippen LogP contribution >= 0.6 is 23.1 Å². The number of benzene rings is 1. The van der Waals surface area contributed by atoms with E-state index in [0.717, 1.165) is 5.69 Å². The van der Waals surface area contributed by atoms with Gasteiger partial charge in [0.25, 0.3) is 11.2 Å². The number of nitro groups is 1. The summed E-state index contributed by atoms with van der Waals surface area (Å²) in [5.41, 5.74) is 1.54. The number of thioether (sulfide) groups is 1. The number of amides is 1. The van der Waals surface area contributed by atoms with Crippen molar-refractivity contribution in [1.82, 2.24) is 14.5 Å². The molecule has 3 heterocycles. The molecule has 0 N–H and O–H groups in total.